The fraction of sp³-hybridized carbons (Fsp3) is 0.909. The molecule has 0 fully saturated rings. The van der Waals surface area contributed by atoms with Crippen molar-refractivity contribution < 1.29 is 14.6 Å². The van der Waals surface area contributed by atoms with Gasteiger partial charge in [0.15, 0.2) is 0 Å². The minimum atomic E-state index is -0.738. The summed E-state index contributed by atoms with van der Waals surface area (Å²) in [7, 11) is 0. The Balaban J connectivity index is 3.77. The van der Waals surface area contributed by atoms with Gasteiger partial charge in [-0.1, -0.05) is 13.8 Å². The van der Waals surface area contributed by atoms with Crippen molar-refractivity contribution in [2.24, 2.45) is 5.92 Å². The molecule has 0 aliphatic rings. The zero-order chi connectivity index (χ0) is 11.8. The van der Waals surface area contributed by atoms with Gasteiger partial charge in [-0.3, -0.25) is 4.79 Å². The lowest BCUT2D eigenvalue weighted by atomic mass is 10.2. The van der Waals surface area contributed by atoms with Gasteiger partial charge in [0.1, 0.15) is 0 Å². The number of carboxylic acid groups (broad SMARTS) is 1. The Morgan fingerprint density at radius 1 is 1.40 bits per heavy atom. The van der Waals surface area contributed by atoms with E-state index in [-0.39, 0.29) is 12.0 Å². The average Bonchev–Trinajstić information content (AvgIpc) is 2.15. The first-order valence-electron chi connectivity index (χ1n) is 5.54. The van der Waals surface area contributed by atoms with Gasteiger partial charge in [-0.15, -0.1) is 0 Å². The third kappa shape index (κ3) is 7.33. The molecule has 0 aliphatic carbocycles. The van der Waals surface area contributed by atoms with Crippen LogP contribution in [0.5, 0.6) is 0 Å². The maximum atomic E-state index is 10.7. The lowest BCUT2D eigenvalue weighted by Gasteiger charge is -2.22. The van der Waals surface area contributed by atoms with Crippen molar-refractivity contribution in [1.29, 1.82) is 0 Å². The molecule has 0 spiro atoms. The van der Waals surface area contributed by atoms with Crippen LogP contribution in [0.3, 0.4) is 0 Å². The summed E-state index contributed by atoms with van der Waals surface area (Å²) in [5, 5.41) is 8.78. The number of hydrogen-bond acceptors (Lipinski definition) is 3. The summed E-state index contributed by atoms with van der Waals surface area (Å²) in [5.74, 6) is -1.05. The second-order valence-electron chi connectivity index (χ2n) is 4.05. The van der Waals surface area contributed by atoms with E-state index in [2.05, 4.69) is 4.90 Å². The molecule has 0 aliphatic heterocycles. The molecule has 0 saturated carbocycles. The van der Waals surface area contributed by atoms with Crippen LogP contribution in [0, 0.1) is 5.92 Å². The van der Waals surface area contributed by atoms with Crippen LogP contribution in [-0.4, -0.2) is 48.3 Å². The zero-order valence-electron chi connectivity index (χ0n) is 10.2. The molecule has 0 radical (unpaired) electrons. The molecule has 1 atom stereocenters. The zero-order valence-corrected chi connectivity index (χ0v) is 10.2. The maximum Gasteiger partial charge on any atom is 0.307 e. The second-order valence-corrected chi connectivity index (χ2v) is 4.05. The van der Waals surface area contributed by atoms with Crippen LogP contribution in [0.2, 0.25) is 0 Å². The van der Waals surface area contributed by atoms with Crippen LogP contribution >= 0.6 is 0 Å². The van der Waals surface area contributed by atoms with Crippen molar-refractivity contribution in [3.8, 4) is 0 Å². The SMILES string of the molecule is CCN(CCOC(C)C)CC(C)C(=O)O. The highest BCUT2D eigenvalue weighted by Crippen LogP contribution is 2.00. The predicted molar refractivity (Wildman–Crippen MR) is 60.0 cm³/mol. The fourth-order valence-corrected chi connectivity index (χ4v) is 1.26. The van der Waals surface area contributed by atoms with Gasteiger partial charge in [0.25, 0.3) is 0 Å². The monoisotopic (exact) mass is 217 g/mol. The standard InChI is InChI=1S/C11H23NO3/c1-5-12(6-7-15-9(2)3)8-10(4)11(13)14/h9-10H,5-8H2,1-4H3,(H,13,14). The highest BCUT2D eigenvalue weighted by atomic mass is 16.5. The van der Waals surface area contributed by atoms with E-state index in [9.17, 15) is 4.79 Å². The van der Waals surface area contributed by atoms with E-state index < -0.39 is 5.97 Å². The number of ether oxygens (including phenoxy) is 1. The molecule has 0 amide bonds. The van der Waals surface area contributed by atoms with Gasteiger partial charge in [-0.2, -0.15) is 0 Å². The van der Waals surface area contributed by atoms with E-state index in [0.717, 1.165) is 13.1 Å². The number of aliphatic carboxylic acids is 1. The number of carboxylic acids is 1. The first-order chi connectivity index (χ1) is 6.97. The molecule has 1 N–H and O–H groups in total. The highest BCUT2D eigenvalue weighted by molar-refractivity contribution is 5.69. The molecular formula is C11H23NO3. The summed E-state index contributed by atoms with van der Waals surface area (Å²) in [6.45, 7) is 10.7. The molecule has 4 nitrogen and oxygen atoms in total. The number of nitrogens with zero attached hydrogens (tertiary/aromatic N) is 1. The lowest BCUT2D eigenvalue weighted by molar-refractivity contribution is -0.141. The first kappa shape index (κ1) is 14.4. The van der Waals surface area contributed by atoms with Gasteiger partial charge in [-0.05, 0) is 20.4 Å². The second kappa shape index (κ2) is 7.65. The van der Waals surface area contributed by atoms with E-state index >= 15 is 0 Å². The van der Waals surface area contributed by atoms with Gasteiger partial charge < -0.3 is 14.7 Å². The lowest BCUT2D eigenvalue weighted by Crippen LogP contribution is -2.34. The summed E-state index contributed by atoms with van der Waals surface area (Å²) in [6.07, 6.45) is 0.237. The van der Waals surface area contributed by atoms with Crippen molar-refractivity contribution in [3.63, 3.8) is 0 Å². The summed E-state index contributed by atoms with van der Waals surface area (Å²) < 4.78 is 5.43. The van der Waals surface area contributed by atoms with Crippen molar-refractivity contribution in [2.75, 3.05) is 26.2 Å². The van der Waals surface area contributed by atoms with Gasteiger partial charge in [0.05, 0.1) is 18.6 Å². The summed E-state index contributed by atoms with van der Waals surface area (Å²) >= 11 is 0. The summed E-state index contributed by atoms with van der Waals surface area (Å²) in [4.78, 5) is 12.8. The molecule has 0 bridgehead atoms. The third-order valence-corrected chi connectivity index (χ3v) is 2.26. The number of carbonyl (C=O) groups is 1. The molecule has 1 unspecified atom stereocenters. The van der Waals surface area contributed by atoms with E-state index in [0.29, 0.717) is 13.2 Å². The quantitative estimate of drug-likeness (QED) is 0.668. The fourth-order valence-electron chi connectivity index (χ4n) is 1.26. The van der Waals surface area contributed by atoms with Crippen LogP contribution in [0.4, 0.5) is 0 Å². The minimum Gasteiger partial charge on any atom is -0.481 e. The van der Waals surface area contributed by atoms with Crippen molar-refractivity contribution in [3.05, 3.63) is 0 Å². The molecule has 0 aromatic rings. The van der Waals surface area contributed by atoms with Gasteiger partial charge >= 0.3 is 5.97 Å². The Kier molecular flexibility index (Phi) is 7.34. The maximum absolute atomic E-state index is 10.7. The Morgan fingerprint density at radius 3 is 2.40 bits per heavy atom. The summed E-state index contributed by atoms with van der Waals surface area (Å²) in [6, 6.07) is 0. The van der Waals surface area contributed by atoms with E-state index in [4.69, 9.17) is 9.84 Å². The van der Waals surface area contributed by atoms with Gasteiger partial charge in [0.2, 0.25) is 0 Å². The number of rotatable bonds is 8. The highest BCUT2D eigenvalue weighted by Gasteiger charge is 2.14. The smallest absolute Gasteiger partial charge is 0.307 e. The Hall–Kier alpha value is -0.610. The Bertz CT molecular complexity index is 183. The Labute approximate surface area is 92.2 Å². The number of hydrogen-bond donors (Lipinski definition) is 1. The molecule has 0 heterocycles. The number of likely N-dealkylation sites (N-methyl/N-ethyl adjacent to an activating group) is 1. The van der Waals surface area contributed by atoms with Gasteiger partial charge in [-0.25, -0.2) is 0 Å². The van der Waals surface area contributed by atoms with Crippen LogP contribution in [0.1, 0.15) is 27.7 Å². The van der Waals surface area contributed by atoms with E-state index in [1.165, 1.54) is 0 Å². The molecule has 0 rings (SSSR count). The minimum absolute atomic E-state index is 0.237. The predicted octanol–water partition coefficient (Wildman–Crippen LogP) is 1.45. The van der Waals surface area contributed by atoms with Gasteiger partial charge in [0, 0.05) is 13.1 Å². The molecule has 0 aromatic heterocycles. The topological polar surface area (TPSA) is 49.8 Å². The molecule has 0 saturated heterocycles. The van der Waals surface area contributed by atoms with Crippen molar-refractivity contribution in [1.82, 2.24) is 4.90 Å². The normalized spacial score (nSPS) is 13.5. The molecular weight excluding hydrogens is 194 g/mol. The Morgan fingerprint density at radius 2 is 2.00 bits per heavy atom. The average molecular weight is 217 g/mol. The molecule has 0 aromatic carbocycles. The largest absolute Gasteiger partial charge is 0.481 e. The molecule has 15 heavy (non-hydrogen) atoms. The van der Waals surface area contributed by atoms with Crippen LogP contribution < -0.4 is 0 Å². The van der Waals surface area contributed by atoms with Crippen molar-refractivity contribution in [2.45, 2.75) is 33.8 Å². The van der Waals surface area contributed by atoms with Crippen LogP contribution in [0.25, 0.3) is 0 Å². The summed E-state index contributed by atoms with van der Waals surface area (Å²) in [5.41, 5.74) is 0. The molecule has 4 heteroatoms. The third-order valence-electron chi connectivity index (χ3n) is 2.26. The van der Waals surface area contributed by atoms with E-state index in [1.54, 1.807) is 6.92 Å². The van der Waals surface area contributed by atoms with Crippen molar-refractivity contribution >= 4 is 5.97 Å². The van der Waals surface area contributed by atoms with Crippen LogP contribution in [0.15, 0.2) is 0 Å². The van der Waals surface area contributed by atoms with E-state index in [1.807, 2.05) is 20.8 Å². The molecule has 90 valence electrons. The van der Waals surface area contributed by atoms with Crippen LogP contribution in [-0.2, 0) is 9.53 Å². The first-order valence-corrected chi connectivity index (χ1v) is 5.54.